The van der Waals surface area contributed by atoms with E-state index in [0.717, 1.165) is 26.1 Å². The van der Waals surface area contributed by atoms with Gasteiger partial charge in [0.1, 0.15) is 5.82 Å². The van der Waals surface area contributed by atoms with E-state index in [-0.39, 0.29) is 11.5 Å². The quantitative estimate of drug-likeness (QED) is 0.946. The first-order chi connectivity index (χ1) is 10.7. The number of carbonyl (C=O) groups is 1. The van der Waals surface area contributed by atoms with Gasteiger partial charge in [-0.3, -0.25) is 9.69 Å². The van der Waals surface area contributed by atoms with E-state index >= 15 is 0 Å². The van der Waals surface area contributed by atoms with Crippen molar-refractivity contribution < 1.29 is 9.18 Å². The number of nitrogens with zero attached hydrogens (tertiary/aromatic N) is 2. The molecule has 1 amide bonds. The molecule has 0 bridgehead atoms. The lowest BCUT2D eigenvalue weighted by Gasteiger charge is -2.22. The second kappa shape index (κ2) is 6.75. The lowest BCUT2D eigenvalue weighted by molar-refractivity contribution is 0.0756. The minimum absolute atomic E-state index is 0.168. The number of amides is 1. The van der Waals surface area contributed by atoms with Gasteiger partial charge in [-0.15, -0.1) is 0 Å². The van der Waals surface area contributed by atoms with E-state index in [1.165, 1.54) is 11.6 Å². The Kier molecular flexibility index (Phi) is 4.53. The highest BCUT2D eigenvalue weighted by molar-refractivity contribution is 5.94. The molecule has 0 unspecified atom stereocenters. The zero-order valence-corrected chi connectivity index (χ0v) is 12.5. The van der Waals surface area contributed by atoms with Crippen molar-refractivity contribution >= 4 is 5.91 Å². The first kappa shape index (κ1) is 14.8. The summed E-state index contributed by atoms with van der Waals surface area (Å²) < 4.78 is 13.8. The first-order valence-corrected chi connectivity index (χ1v) is 7.62. The summed E-state index contributed by atoms with van der Waals surface area (Å²) in [5.41, 5.74) is 1.41. The Bertz CT molecular complexity index is 627. The van der Waals surface area contributed by atoms with Gasteiger partial charge in [-0.2, -0.15) is 0 Å². The highest BCUT2D eigenvalue weighted by Crippen LogP contribution is 2.13. The van der Waals surface area contributed by atoms with Crippen molar-refractivity contribution in [2.45, 2.75) is 13.0 Å². The first-order valence-electron chi connectivity index (χ1n) is 7.62. The van der Waals surface area contributed by atoms with Gasteiger partial charge in [-0.1, -0.05) is 12.1 Å². The maximum absolute atomic E-state index is 13.8. The third-order valence-electron chi connectivity index (χ3n) is 4.05. The van der Waals surface area contributed by atoms with Crippen LogP contribution in [0.1, 0.15) is 22.3 Å². The van der Waals surface area contributed by atoms with Crippen molar-refractivity contribution in [3.05, 3.63) is 59.7 Å². The van der Waals surface area contributed by atoms with Crippen LogP contribution in [0.15, 0.2) is 42.7 Å². The predicted octanol–water partition coefficient (Wildman–Crippen LogP) is 2.50. The molecule has 5 heteroatoms. The van der Waals surface area contributed by atoms with Crippen molar-refractivity contribution in [1.29, 1.82) is 0 Å². The van der Waals surface area contributed by atoms with Gasteiger partial charge in [0.25, 0.3) is 5.91 Å². The molecule has 1 saturated heterocycles. The Hall–Kier alpha value is -2.14. The lowest BCUT2D eigenvalue weighted by atomic mass is 10.2. The van der Waals surface area contributed by atoms with Gasteiger partial charge in [0, 0.05) is 45.1 Å². The van der Waals surface area contributed by atoms with Gasteiger partial charge < -0.3 is 9.88 Å². The van der Waals surface area contributed by atoms with Gasteiger partial charge in [-0.25, -0.2) is 4.39 Å². The number of nitrogens with one attached hydrogen (secondary N) is 1. The Labute approximate surface area is 129 Å². The molecule has 0 aliphatic carbocycles. The minimum Gasteiger partial charge on any atom is -0.367 e. The highest BCUT2D eigenvalue weighted by atomic mass is 19.1. The molecular weight excluding hydrogens is 281 g/mol. The van der Waals surface area contributed by atoms with Gasteiger partial charge in [-0.05, 0) is 30.2 Å². The number of rotatable bonds is 3. The average molecular weight is 301 g/mol. The number of aromatic amines is 1. The van der Waals surface area contributed by atoms with Crippen molar-refractivity contribution in [3.63, 3.8) is 0 Å². The lowest BCUT2D eigenvalue weighted by Crippen LogP contribution is -2.35. The summed E-state index contributed by atoms with van der Waals surface area (Å²) in [5, 5.41) is 0. The smallest absolute Gasteiger partial charge is 0.256 e. The monoisotopic (exact) mass is 301 g/mol. The largest absolute Gasteiger partial charge is 0.367 e. The number of aromatic nitrogens is 1. The van der Waals surface area contributed by atoms with Crippen LogP contribution >= 0.6 is 0 Å². The maximum Gasteiger partial charge on any atom is 0.256 e. The van der Waals surface area contributed by atoms with Crippen molar-refractivity contribution in [2.75, 3.05) is 26.2 Å². The summed E-state index contributed by atoms with van der Waals surface area (Å²) in [5.74, 6) is -0.650. The molecule has 2 aromatic rings. The summed E-state index contributed by atoms with van der Waals surface area (Å²) in [6.07, 6.45) is 4.82. The van der Waals surface area contributed by atoms with E-state index in [1.54, 1.807) is 23.1 Å². The molecule has 3 rings (SSSR count). The molecular formula is C17H20FN3O. The van der Waals surface area contributed by atoms with Crippen LogP contribution in [0.5, 0.6) is 0 Å². The number of halogens is 1. The highest BCUT2D eigenvalue weighted by Gasteiger charge is 2.22. The van der Waals surface area contributed by atoms with E-state index in [4.69, 9.17) is 0 Å². The second-order valence-corrected chi connectivity index (χ2v) is 5.62. The van der Waals surface area contributed by atoms with E-state index in [1.807, 2.05) is 12.4 Å². The molecule has 1 aliphatic rings. The van der Waals surface area contributed by atoms with Crippen LogP contribution in [0.2, 0.25) is 0 Å². The summed E-state index contributed by atoms with van der Waals surface area (Å²) >= 11 is 0. The molecule has 0 spiro atoms. The normalized spacial score (nSPS) is 16.5. The Morgan fingerprint density at radius 2 is 2.00 bits per heavy atom. The number of H-pyrrole nitrogens is 1. The van der Waals surface area contributed by atoms with E-state index in [0.29, 0.717) is 13.1 Å². The third-order valence-corrected chi connectivity index (χ3v) is 4.05. The van der Waals surface area contributed by atoms with E-state index < -0.39 is 5.82 Å². The molecule has 22 heavy (non-hydrogen) atoms. The molecule has 1 N–H and O–H groups in total. The van der Waals surface area contributed by atoms with Crippen LogP contribution in [0.25, 0.3) is 0 Å². The van der Waals surface area contributed by atoms with E-state index in [9.17, 15) is 9.18 Å². The Balaban J connectivity index is 1.62. The second-order valence-electron chi connectivity index (χ2n) is 5.62. The minimum atomic E-state index is -0.444. The van der Waals surface area contributed by atoms with Gasteiger partial charge in [0.05, 0.1) is 5.56 Å². The number of hydrogen-bond donors (Lipinski definition) is 1. The summed E-state index contributed by atoms with van der Waals surface area (Å²) in [6.45, 7) is 3.96. The predicted molar refractivity (Wildman–Crippen MR) is 83.0 cm³/mol. The van der Waals surface area contributed by atoms with Gasteiger partial charge in [0.2, 0.25) is 0 Å². The molecule has 1 aromatic carbocycles. The van der Waals surface area contributed by atoms with Crippen LogP contribution in [0.4, 0.5) is 4.39 Å². The third kappa shape index (κ3) is 3.36. The summed E-state index contributed by atoms with van der Waals surface area (Å²) in [4.78, 5) is 19.6. The molecule has 0 radical (unpaired) electrons. The molecule has 0 saturated carbocycles. The molecule has 2 heterocycles. The van der Waals surface area contributed by atoms with Crippen LogP contribution < -0.4 is 0 Å². The molecule has 1 fully saturated rings. The fourth-order valence-corrected chi connectivity index (χ4v) is 2.85. The van der Waals surface area contributed by atoms with Crippen LogP contribution in [-0.4, -0.2) is 46.9 Å². The molecule has 1 aromatic heterocycles. The van der Waals surface area contributed by atoms with Crippen molar-refractivity contribution in [2.24, 2.45) is 0 Å². The van der Waals surface area contributed by atoms with E-state index in [2.05, 4.69) is 16.0 Å². The summed E-state index contributed by atoms with van der Waals surface area (Å²) in [7, 11) is 0. The van der Waals surface area contributed by atoms with Crippen molar-refractivity contribution in [1.82, 2.24) is 14.8 Å². The summed E-state index contributed by atoms with van der Waals surface area (Å²) in [6, 6.07) is 8.26. The van der Waals surface area contributed by atoms with Gasteiger partial charge in [0.15, 0.2) is 0 Å². The fraction of sp³-hybridized carbons (Fsp3) is 0.353. The number of hydrogen-bond acceptors (Lipinski definition) is 2. The van der Waals surface area contributed by atoms with Gasteiger partial charge >= 0.3 is 0 Å². The van der Waals surface area contributed by atoms with Crippen LogP contribution in [-0.2, 0) is 6.54 Å². The maximum atomic E-state index is 13.8. The number of benzene rings is 1. The molecule has 0 atom stereocenters. The topological polar surface area (TPSA) is 39.3 Å². The molecule has 4 nitrogen and oxygen atoms in total. The SMILES string of the molecule is O=C(c1ccccc1F)N1CCCN(Cc2cc[nH]c2)CC1. The average Bonchev–Trinajstić information content (AvgIpc) is 2.92. The van der Waals surface area contributed by atoms with Crippen LogP contribution in [0.3, 0.4) is 0 Å². The standard InChI is InChI=1S/C17H20FN3O/c18-16-5-2-1-4-15(16)17(22)21-9-3-8-20(10-11-21)13-14-6-7-19-12-14/h1-2,4-7,12,19H,3,8-11,13H2. The fourth-order valence-electron chi connectivity index (χ4n) is 2.85. The Morgan fingerprint density at radius 3 is 2.77 bits per heavy atom. The van der Waals surface area contributed by atoms with Crippen molar-refractivity contribution in [3.8, 4) is 0 Å². The Morgan fingerprint density at radius 1 is 1.14 bits per heavy atom. The zero-order valence-electron chi connectivity index (χ0n) is 12.5. The number of carbonyl (C=O) groups excluding carboxylic acids is 1. The zero-order chi connectivity index (χ0) is 15.4. The molecule has 116 valence electrons. The molecule has 1 aliphatic heterocycles. The van der Waals surface area contributed by atoms with Crippen LogP contribution in [0, 0.1) is 5.82 Å².